The fourth-order valence-corrected chi connectivity index (χ4v) is 3.48. The first-order valence-electron chi connectivity index (χ1n) is 9.93. The Morgan fingerprint density at radius 3 is 2.48 bits per heavy atom. The topological polar surface area (TPSA) is 74.3 Å². The van der Waals surface area contributed by atoms with Gasteiger partial charge in [-0.25, -0.2) is 9.78 Å². The Morgan fingerprint density at radius 1 is 1.13 bits per heavy atom. The summed E-state index contributed by atoms with van der Waals surface area (Å²) in [7, 11) is 0. The van der Waals surface area contributed by atoms with Crippen molar-refractivity contribution < 1.29 is 22.8 Å². The van der Waals surface area contributed by atoms with E-state index in [4.69, 9.17) is 0 Å². The minimum Gasteiger partial charge on any atom is -0.333 e. The SMILES string of the molecule is C[C@@H](c1cccc(C(F)(F)F)c1)N1C(=O)CCc2nc(NC(=O)NC(C)(C)C)ccc21. The average Bonchev–Trinajstić information content (AvgIpc) is 2.65. The van der Waals surface area contributed by atoms with Crippen LogP contribution in [0.15, 0.2) is 36.4 Å². The highest BCUT2D eigenvalue weighted by atomic mass is 19.4. The van der Waals surface area contributed by atoms with Gasteiger partial charge in [0.25, 0.3) is 0 Å². The van der Waals surface area contributed by atoms with E-state index >= 15 is 0 Å². The van der Waals surface area contributed by atoms with Gasteiger partial charge in [-0.1, -0.05) is 12.1 Å². The quantitative estimate of drug-likeness (QED) is 0.709. The van der Waals surface area contributed by atoms with Gasteiger partial charge < -0.3 is 10.2 Å². The summed E-state index contributed by atoms with van der Waals surface area (Å²) in [5.74, 6) is 0.145. The molecule has 2 heterocycles. The van der Waals surface area contributed by atoms with Crippen LogP contribution in [0.25, 0.3) is 0 Å². The molecule has 3 amide bonds. The van der Waals surface area contributed by atoms with Crippen molar-refractivity contribution in [2.45, 2.75) is 58.3 Å². The summed E-state index contributed by atoms with van der Waals surface area (Å²) in [6.07, 6.45) is -3.90. The van der Waals surface area contributed by atoms with Crippen molar-refractivity contribution in [1.29, 1.82) is 0 Å². The van der Waals surface area contributed by atoms with Gasteiger partial charge >= 0.3 is 12.2 Å². The molecule has 0 saturated carbocycles. The molecule has 1 atom stereocenters. The van der Waals surface area contributed by atoms with E-state index in [1.807, 2.05) is 20.8 Å². The van der Waals surface area contributed by atoms with Crippen molar-refractivity contribution in [3.63, 3.8) is 0 Å². The first-order chi connectivity index (χ1) is 14.3. The van der Waals surface area contributed by atoms with Gasteiger partial charge in [-0.2, -0.15) is 13.2 Å². The third-order valence-corrected chi connectivity index (χ3v) is 4.87. The minimum absolute atomic E-state index is 0.181. The summed E-state index contributed by atoms with van der Waals surface area (Å²) in [4.78, 5) is 30.7. The molecule has 0 radical (unpaired) electrons. The molecule has 0 fully saturated rings. The van der Waals surface area contributed by atoms with Crippen LogP contribution in [0.5, 0.6) is 0 Å². The van der Waals surface area contributed by atoms with E-state index in [0.717, 1.165) is 12.1 Å². The molecule has 0 bridgehead atoms. The Kier molecular flexibility index (Phi) is 5.98. The standard InChI is InChI=1S/C22H25F3N4O2/c1-13(14-6-5-7-15(12-14)22(23,24)25)29-17-9-10-18(26-16(17)8-11-19(29)30)27-20(31)28-21(2,3)4/h5-7,9-10,12-13H,8,11H2,1-4H3,(H2,26,27,28,31)/t13-/m0/s1. The van der Waals surface area contributed by atoms with E-state index < -0.39 is 29.4 Å². The lowest BCUT2D eigenvalue weighted by molar-refractivity contribution is -0.137. The second-order valence-electron chi connectivity index (χ2n) is 8.55. The number of pyridine rings is 1. The van der Waals surface area contributed by atoms with Gasteiger partial charge in [-0.05, 0) is 57.5 Å². The van der Waals surface area contributed by atoms with Crippen molar-refractivity contribution >= 4 is 23.4 Å². The first-order valence-corrected chi connectivity index (χ1v) is 9.93. The Morgan fingerprint density at radius 2 is 1.84 bits per heavy atom. The van der Waals surface area contributed by atoms with Crippen molar-refractivity contribution in [3.05, 3.63) is 53.2 Å². The Bertz CT molecular complexity index is 999. The number of alkyl halides is 3. The van der Waals surface area contributed by atoms with Crippen molar-refractivity contribution in [2.24, 2.45) is 0 Å². The molecular formula is C22H25F3N4O2. The van der Waals surface area contributed by atoms with Gasteiger partial charge in [-0.15, -0.1) is 0 Å². The summed E-state index contributed by atoms with van der Waals surface area (Å²) in [6.45, 7) is 7.24. The van der Waals surface area contributed by atoms with Crippen LogP contribution in [-0.4, -0.2) is 22.5 Å². The van der Waals surface area contributed by atoms with Crippen LogP contribution in [0.4, 0.5) is 29.5 Å². The summed E-state index contributed by atoms with van der Waals surface area (Å²) in [6, 6.07) is 7.20. The molecule has 1 aliphatic heterocycles. The van der Waals surface area contributed by atoms with Gasteiger partial charge in [0.05, 0.1) is 23.0 Å². The molecule has 166 valence electrons. The largest absolute Gasteiger partial charge is 0.416 e. The highest BCUT2D eigenvalue weighted by Gasteiger charge is 2.33. The van der Waals surface area contributed by atoms with Gasteiger partial charge in [0.1, 0.15) is 5.82 Å². The van der Waals surface area contributed by atoms with E-state index in [1.54, 1.807) is 25.1 Å². The summed E-state index contributed by atoms with van der Waals surface area (Å²) >= 11 is 0. The lowest BCUT2D eigenvalue weighted by Gasteiger charge is -2.34. The number of amides is 3. The number of halogens is 3. The molecule has 31 heavy (non-hydrogen) atoms. The predicted molar refractivity (Wildman–Crippen MR) is 112 cm³/mol. The van der Waals surface area contributed by atoms with E-state index in [-0.39, 0.29) is 12.3 Å². The maximum Gasteiger partial charge on any atom is 0.416 e. The zero-order chi connectivity index (χ0) is 23.0. The van der Waals surface area contributed by atoms with Crippen molar-refractivity contribution in [3.8, 4) is 0 Å². The fraction of sp³-hybridized carbons (Fsp3) is 0.409. The molecule has 2 aromatic rings. The number of hydrogen-bond acceptors (Lipinski definition) is 3. The van der Waals surface area contributed by atoms with E-state index in [9.17, 15) is 22.8 Å². The highest BCUT2D eigenvalue weighted by Crippen LogP contribution is 2.37. The van der Waals surface area contributed by atoms with Crippen LogP contribution < -0.4 is 15.5 Å². The lowest BCUT2D eigenvalue weighted by Crippen LogP contribution is -2.43. The third-order valence-electron chi connectivity index (χ3n) is 4.87. The van der Waals surface area contributed by atoms with E-state index in [1.165, 1.54) is 11.0 Å². The van der Waals surface area contributed by atoms with Crippen LogP contribution in [0.3, 0.4) is 0 Å². The fourth-order valence-electron chi connectivity index (χ4n) is 3.48. The average molecular weight is 434 g/mol. The highest BCUT2D eigenvalue weighted by molar-refractivity contribution is 5.97. The number of rotatable bonds is 3. The molecule has 6 nitrogen and oxygen atoms in total. The number of carbonyl (C=O) groups excluding carboxylic acids is 2. The molecule has 9 heteroatoms. The second kappa shape index (κ2) is 8.20. The van der Waals surface area contributed by atoms with Crippen molar-refractivity contribution in [1.82, 2.24) is 10.3 Å². The van der Waals surface area contributed by atoms with Gasteiger partial charge in [0.15, 0.2) is 0 Å². The smallest absolute Gasteiger partial charge is 0.333 e. The number of fused-ring (bicyclic) bond motifs is 1. The third kappa shape index (κ3) is 5.34. The molecule has 0 spiro atoms. The van der Waals surface area contributed by atoms with Crippen molar-refractivity contribution in [2.75, 3.05) is 10.2 Å². The summed E-state index contributed by atoms with van der Waals surface area (Å²) in [5, 5.41) is 5.44. The zero-order valence-electron chi connectivity index (χ0n) is 17.8. The van der Waals surface area contributed by atoms with Gasteiger partial charge in [-0.3, -0.25) is 10.1 Å². The molecule has 0 saturated heterocycles. The number of hydrogen-bond donors (Lipinski definition) is 2. The van der Waals surface area contributed by atoms with Crippen LogP contribution in [0.1, 0.15) is 57.0 Å². The maximum atomic E-state index is 13.1. The first kappa shape index (κ1) is 22.6. The minimum atomic E-state index is -4.46. The van der Waals surface area contributed by atoms with E-state index in [2.05, 4.69) is 15.6 Å². The molecule has 0 aliphatic carbocycles. The molecule has 1 aromatic carbocycles. The number of anilines is 2. The summed E-state index contributed by atoms with van der Waals surface area (Å²) < 4.78 is 39.3. The number of carbonyl (C=O) groups is 2. The zero-order valence-corrected chi connectivity index (χ0v) is 17.8. The normalized spacial score (nSPS) is 15.3. The maximum absolute atomic E-state index is 13.1. The number of benzene rings is 1. The van der Waals surface area contributed by atoms with Gasteiger partial charge in [0, 0.05) is 18.4 Å². The number of aryl methyl sites for hydroxylation is 1. The Labute approximate surface area is 178 Å². The molecule has 3 rings (SSSR count). The lowest BCUT2D eigenvalue weighted by atomic mass is 9.99. The van der Waals surface area contributed by atoms with Crippen LogP contribution in [-0.2, 0) is 17.4 Å². The number of urea groups is 1. The molecule has 1 aliphatic rings. The van der Waals surface area contributed by atoms with E-state index in [0.29, 0.717) is 29.2 Å². The molecule has 0 unspecified atom stereocenters. The van der Waals surface area contributed by atoms with Gasteiger partial charge in [0.2, 0.25) is 5.91 Å². The Hall–Kier alpha value is -3.10. The monoisotopic (exact) mass is 434 g/mol. The summed E-state index contributed by atoms with van der Waals surface area (Å²) in [5.41, 5.74) is 0.337. The molecule has 1 aromatic heterocycles. The number of nitrogens with one attached hydrogen (secondary N) is 2. The van der Waals surface area contributed by atoms with Crippen LogP contribution in [0, 0.1) is 0 Å². The molecule has 2 N–H and O–H groups in total. The van der Waals surface area contributed by atoms with Crippen LogP contribution in [0.2, 0.25) is 0 Å². The number of nitrogens with zero attached hydrogens (tertiary/aromatic N) is 2. The molecular weight excluding hydrogens is 409 g/mol. The predicted octanol–water partition coefficient (Wildman–Crippen LogP) is 5.06. The second-order valence-corrected chi connectivity index (χ2v) is 8.55. The Balaban J connectivity index is 1.88. The number of aromatic nitrogens is 1. The van der Waals surface area contributed by atoms with Crippen LogP contribution >= 0.6 is 0 Å².